The van der Waals surface area contributed by atoms with E-state index in [9.17, 15) is 0 Å². The summed E-state index contributed by atoms with van der Waals surface area (Å²) in [5.41, 5.74) is 15.5. The molecule has 0 bridgehead atoms. The van der Waals surface area contributed by atoms with E-state index in [0.717, 1.165) is 48.9 Å². The van der Waals surface area contributed by atoms with Gasteiger partial charge in [0.05, 0.1) is 17.4 Å². The number of hydrogen-bond acceptors (Lipinski definition) is 5. The van der Waals surface area contributed by atoms with Crippen molar-refractivity contribution in [3.63, 3.8) is 0 Å². The van der Waals surface area contributed by atoms with Crippen LogP contribution in [-0.4, -0.2) is 35.6 Å². The first-order valence-electron chi connectivity index (χ1n) is 12.1. The minimum absolute atomic E-state index is 0.201. The third kappa shape index (κ3) is 4.50. The molecule has 0 fully saturated rings. The lowest BCUT2D eigenvalue weighted by Crippen LogP contribution is -2.37. The Morgan fingerprint density at radius 1 is 1.18 bits per heavy atom. The highest BCUT2D eigenvalue weighted by Crippen LogP contribution is 2.39. The topological polar surface area (TPSA) is 42.6 Å². The largest absolute Gasteiger partial charge is 0.378 e. The molecule has 5 rings (SSSR count). The van der Waals surface area contributed by atoms with E-state index >= 15 is 0 Å². The SMILES string of the molecule is CCC(C)N1CC=C(c2ccc3c(c2)C(Nc2cccc(Cl)c2)CCN2NNC(C)=C32)CC1. The molecule has 6 heteroatoms. The number of nitrogens with zero attached hydrogens (tertiary/aromatic N) is 2. The molecule has 2 aromatic carbocycles. The van der Waals surface area contributed by atoms with E-state index in [1.807, 2.05) is 18.2 Å². The van der Waals surface area contributed by atoms with Crippen molar-refractivity contribution in [2.45, 2.75) is 52.1 Å². The summed E-state index contributed by atoms with van der Waals surface area (Å²) in [5.74, 6) is 0. The molecular formula is C27H34ClN5. The van der Waals surface area contributed by atoms with Gasteiger partial charge in [-0.2, -0.15) is 0 Å². The van der Waals surface area contributed by atoms with Gasteiger partial charge in [-0.05, 0) is 74.1 Å². The van der Waals surface area contributed by atoms with Crippen molar-refractivity contribution in [3.05, 3.63) is 76.0 Å². The maximum Gasteiger partial charge on any atom is 0.0814 e. The van der Waals surface area contributed by atoms with E-state index in [0.29, 0.717) is 6.04 Å². The summed E-state index contributed by atoms with van der Waals surface area (Å²) in [7, 11) is 0. The molecule has 0 aliphatic carbocycles. The van der Waals surface area contributed by atoms with Crippen molar-refractivity contribution in [2.75, 3.05) is 25.0 Å². The Kier molecular flexibility index (Phi) is 6.37. The highest BCUT2D eigenvalue weighted by molar-refractivity contribution is 6.30. The summed E-state index contributed by atoms with van der Waals surface area (Å²) in [4.78, 5) is 2.58. The molecule has 3 heterocycles. The first kappa shape index (κ1) is 22.3. The maximum absolute atomic E-state index is 6.28. The molecule has 0 spiro atoms. The second-order valence-electron chi connectivity index (χ2n) is 9.39. The first-order valence-corrected chi connectivity index (χ1v) is 12.5. The highest BCUT2D eigenvalue weighted by atomic mass is 35.5. The number of fused-ring (bicyclic) bond motifs is 3. The van der Waals surface area contributed by atoms with Gasteiger partial charge in [-0.15, -0.1) is 5.53 Å². The molecule has 5 nitrogen and oxygen atoms in total. The average Bonchev–Trinajstić information content (AvgIpc) is 3.13. The Labute approximate surface area is 202 Å². The van der Waals surface area contributed by atoms with E-state index in [1.54, 1.807) is 0 Å². The number of benzene rings is 2. The summed E-state index contributed by atoms with van der Waals surface area (Å²) in [5, 5.41) is 6.76. The standard InChI is InChI=1S/C27H34ClN5/c1-4-18(2)32-13-10-20(11-14-32)21-8-9-24-25(16-21)26(29-23-7-5-6-22(28)17-23)12-15-33-27(24)19(3)30-31-33/h5-10,16-18,26,29-31H,4,11-15H2,1-3H3. The summed E-state index contributed by atoms with van der Waals surface area (Å²) in [6.07, 6.45) is 5.72. The van der Waals surface area contributed by atoms with Crippen LogP contribution in [0.1, 0.15) is 62.8 Å². The monoisotopic (exact) mass is 463 g/mol. The van der Waals surface area contributed by atoms with E-state index in [4.69, 9.17) is 11.6 Å². The van der Waals surface area contributed by atoms with Crippen molar-refractivity contribution in [3.8, 4) is 0 Å². The molecule has 33 heavy (non-hydrogen) atoms. The molecule has 174 valence electrons. The third-order valence-electron chi connectivity index (χ3n) is 7.32. The van der Waals surface area contributed by atoms with Gasteiger partial charge in [-0.25, -0.2) is 0 Å². The van der Waals surface area contributed by atoms with Gasteiger partial charge in [-0.1, -0.05) is 42.8 Å². The molecule has 0 aromatic heterocycles. The smallest absolute Gasteiger partial charge is 0.0814 e. The van der Waals surface area contributed by atoms with Crippen LogP contribution < -0.4 is 16.3 Å². The molecule has 0 saturated heterocycles. The van der Waals surface area contributed by atoms with Crippen LogP contribution >= 0.6 is 11.6 Å². The fraction of sp³-hybridized carbons (Fsp3) is 0.407. The van der Waals surface area contributed by atoms with Crippen LogP contribution in [0.4, 0.5) is 5.69 Å². The predicted octanol–water partition coefficient (Wildman–Crippen LogP) is 5.80. The van der Waals surface area contributed by atoms with Crippen molar-refractivity contribution in [1.29, 1.82) is 0 Å². The minimum Gasteiger partial charge on any atom is -0.378 e. The average molecular weight is 464 g/mol. The Morgan fingerprint density at radius 3 is 2.82 bits per heavy atom. The van der Waals surface area contributed by atoms with Crippen LogP contribution in [0, 0.1) is 0 Å². The molecule has 3 aliphatic rings. The lowest BCUT2D eigenvalue weighted by atomic mass is 9.90. The number of nitrogens with one attached hydrogen (secondary N) is 3. The fourth-order valence-corrected chi connectivity index (χ4v) is 5.39. The molecule has 3 N–H and O–H groups in total. The van der Waals surface area contributed by atoms with Crippen LogP contribution in [0.5, 0.6) is 0 Å². The van der Waals surface area contributed by atoms with Crippen LogP contribution in [-0.2, 0) is 0 Å². The van der Waals surface area contributed by atoms with Crippen molar-refractivity contribution >= 4 is 28.6 Å². The molecule has 0 saturated carbocycles. The zero-order valence-corrected chi connectivity index (χ0v) is 20.5. The number of halogens is 1. The number of allylic oxidation sites excluding steroid dienone is 1. The van der Waals surface area contributed by atoms with E-state index in [-0.39, 0.29) is 6.04 Å². The molecule has 2 aromatic rings. The van der Waals surface area contributed by atoms with Crippen LogP contribution in [0.15, 0.2) is 54.2 Å². The normalized spacial score (nSPS) is 21.6. The second-order valence-corrected chi connectivity index (χ2v) is 9.83. The van der Waals surface area contributed by atoms with Crippen LogP contribution in [0.3, 0.4) is 0 Å². The molecular weight excluding hydrogens is 430 g/mol. The highest BCUT2D eigenvalue weighted by Gasteiger charge is 2.30. The Balaban J connectivity index is 1.51. The Bertz CT molecular complexity index is 1090. The molecule has 0 radical (unpaired) electrons. The zero-order chi connectivity index (χ0) is 22.9. The second kappa shape index (κ2) is 9.41. The van der Waals surface area contributed by atoms with Gasteiger partial charge in [0.15, 0.2) is 0 Å². The third-order valence-corrected chi connectivity index (χ3v) is 7.55. The van der Waals surface area contributed by atoms with E-state index < -0.39 is 0 Å². The maximum atomic E-state index is 6.28. The summed E-state index contributed by atoms with van der Waals surface area (Å²) in [6.45, 7) is 9.83. The van der Waals surface area contributed by atoms with Gasteiger partial charge < -0.3 is 10.7 Å². The summed E-state index contributed by atoms with van der Waals surface area (Å²) in [6, 6.07) is 15.9. The van der Waals surface area contributed by atoms with Crippen molar-refractivity contribution in [1.82, 2.24) is 20.9 Å². The molecule has 0 amide bonds. The van der Waals surface area contributed by atoms with Crippen molar-refractivity contribution < 1.29 is 0 Å². The molecule has 2 atom stereocenters. The lowest BCUT2D eigenvalue weighted by Gasteiger charge is -2.31. The van der Waals surface area contributed by atoms with Gasteiger partial charge in [0.2, 0.25) is 0 Å². The zero-order valence-electron chi connectivity index (χ0n) is 19.8. The van der Waals surface area contributed by atoms with Crippen LogP contribution in [0.25, 0.3) is 11.3 Å². The van der Waals surface area contributed by atoms with Gasteiger partial charge >= 0.3 is 0 Å². The first-order chi connectivity index (χ1) is 16.0. The van der Waals surface area contributed by atoms with Gasteiger partial charge in [0.25, 0.3) is 0 Å². The Hall–Kier alpha value is -2.47. The van der Waals surface area contributed by atoms with E-state index in [2.05, 4.69) is 77.3 Å². The summed E-state index contributed by atoms with van der Waals surface area (Å²) < 4.78 is 0. The lowest BCUT2D eigenvalue weighted by molar-refractivity contribution is 0.225. The van der Waals surface area contributed by atoms with Gasteiger partial charge in [-0.3, -0.25) is 9.91 Å². The van der Waals surface area contributed by atoms with Crippen LogP contribution in [0.2, 0.25) is 5.02 Å². The van der Waals surface area contributed by atoms with Gasteiger partial charge in [0, 0.05) is 41.9 Å². The number of rotatable bonds is 5. The van der Waals surface area contributed by atoms with Gasteiger partial charge in [0.1, 0.15) is 0 Å². The fourth-order valence-electron chi connectivity index (χ4n) is 5.20. The minimum atomic E-state index is 0.201. The summed E-state index contributed by atoms with van der Waals surface area (Å²) >= 11 is 6.28. The quantitative estimate of drug-likeness (QED) is 0.523. The van der Waals surface area contributed by atoms with E-state index in [1.165, 1.54) is 34.4 Å². The molecule has 3 aliphatic heterocycles. The predicted molar refractivity (Wildman–Crippen MR) is 138 cm³/mol. The Morgan fingerprint density at radius 2 is 2.06 bits per heavy atom. The van der Waals surface area contributed by atoms with Crippen molar-refractivity contribution in [2.24, 2.45) is 0 Å². The molecule has 2 unspecified atom stereocenters. The number of hydrazine groups is 2. The number of hydrogen-bond donors (Lipinski definition) is 3. The number of anilines is 1.